The van der Waals surface area contributed by atoms with Gasteiger partial charge in [0.2, 0.25) is 15.5 Å². The highest BCUT2D eigenvalue weighted by Crippen LogP contribution is 2.33. The number of piperazine rings is 1. The molecule has 0 radical (unpaired) electrons. The van der Waals surface area contributed by atoms with E-state index in [-0.39, 0.29) is 34.8 Å². The zero-order valence-corrected chi connectivity index (χ0v) is 21.7. The first-order valence-corrected chi connectivity index (χ1v) is 14.2. The van der Waals surface area contributed by atoms with Crippen LogP contribution in [0.15, 0.2) is 58.5 Å². The van der Waals surface area contributed by atoms with Gasteiger partial charge in [-0.2, -0.15) is 4.31 Å². The lowest BCUT2D eigenvalue weighted by atomic mass is 10.1. The number of pyridine rings is 2. The lowest BCUT2D eigenvalue weighted by Crippen LogP contribution is -2.50. The quantitative estimate of drug-likeness (QED) is 0.520. The summed E-state index contributed by atoms with van der Waals surface area (Å²) in [6.07, 6.45) is 4.18. The van der Waals surface area contributed by atoms with Crippen molar-refractivity contribution in [3.8, 4) is 0 Å². The second-order valence-corrected chi connectivity index (χ2v) is 11.7. The first kappa shape index (κ1) is 25.0. The molecule has 6 rings (SSSR count). The van der Waals surface area contributed by atoms with Crippen molar-refractivity contribution in [1.29, 1.82) is 0 Å². The van der Waals surface area contributed by atoms with Crippen LogP contribution in [0.3, 0.4) is 0 Å². The molecule has 200 valence electrons. The van der Waals surface area contributed by atoms with E-state index in [2.05, 4.69) is 14.9 Å². The lowest BCUT2D eigenvalue weighted by molar-refractivity contribution is -0.364. The van der Waals surface area contributed by atoms with Crippen molar-refractivity contribution in [2.75, 3.05) is 57.4 Å². The normalized spacial score (nSPS) is 20.3. The summed E-state index contributed by atoms with van der Waals surface area (Å²) < 4.78 is 39.6. The van der Waals surface area contributed by atoms with E-state index in [1.807, 2.05) is 24.4 Å². The number of carbonyl (C=O) groups excluding carboxylic acids is 1. The molecule has 1 spiro atoms. The maximum atomic E-state index is 13.4. The predicted octanol–water partition coefficient (Wildman–Crippen LogP) is 0.832. The molecule has 3 fully saturated rings. The molecule has 3 aromatic rings. The molecule has 3 aliphatic rings. The summed E-state index contributed by atoms with van der Waals surface area (Å²) >= 11 is 0. The summed E-state index contributed by atoms with van der Waals surface area (Å²) in [6.45, 7) is 3.77. The highest BCUT2D eigenvalue weighted by atomic mass is 32.2. The average Bonchev–Trinajstić information content (AvgIpc) is 3.41. The van der Waals surface area contributed by atoms with Crippen LogP contribution >= 0.6 is 0 Å². The third-order valence-electron chi connectivity index (χ3n) is 7.62. The highest BCUT2D eigenvalue weighted by Gasteiger charge is 2.42. The highest BCUT2D eigenvalue weighted by molar-refractivity contribution is 7.89. The number of amides is 1. The van der Waals surface area contributed by atoms with Crippen molar-refractivity contribution in [3.05, 3.63) is 64.6 Å². The number of nitrogens with one attached hydrogen (secondary N) is 2. The Balaban J connectivity index is 1.21. The Kier molecular flexibility index (Phi) is 6.42. The van der Waals surface area contributed by atoms with Crippen molar-refractivity contribution in [2.45, 2.75) is 23.5 Å². The molecule has 2 N–H and O–H groups in total. The standard InChI is InChI=1S/C26H29N5O6S/c32-24-20-17-19(38(34,35)31-9-6-26(7-10-31)36-15-16-37-26)4-5-22(20)28-18-21(24)25(33)30-13-11-29(12-14-30)23-3-1-2-8-27-23/h1-5,8,17-18H,6-7,9-16H2,(H,28,32)/p+1. The van der Waals surface area contributed by atoms with E-state index in [4.69, 9.17) is 9.47 Å². The molecule has 5 heterocycles. The Morgan fingerprint density at radius 2 is 1.71 bits per heavy atom. The van der Waals surface area contributed by atoms with Crippen LogP contribution in [0.2, 0.25) is 0 Å². The van der Waals surface area contributed by atoms with Gasteiger partial charge in [0.25, 0.3) is 11.7 Å². The van der Waals surface area contributed by atoms with Crippen LogP contribution in [-0.4, -0.2) is 86.8 Å². The van der Waals surface area contributed by atoms with Gasteiger partial charge in [0.1, 0.15) is 18.7 Å². The Bertz CT molecular complexity index is 1500. The van der Waals surface area contributed by atoms with Gasteiger partial charge in [0.05, 0.1) is 37.4 Å². The average molecular weight is 541 g/mol. The van der Waals surface area contributed by atoms with E-state index in [1.54, 1.807) is 11.0 Å². The first-order valence-electron chi connectivity index (χ1n) is 12.8. The van der Waals surface area contributed by atoms with Crippen LogP contribution in [0, 0.1) is 0 Å². The van der Waals surface area contributed by atoms with Crippen molar-refractivity contribution in [2.24, 2.45) is 0 Å². The van der Waals surface area contributed by atoms with Crippen LogP contribution in [0.25, 0.3) is 10.9 Å². The molecule has 0 saturated carbocycles. The second-order valence-electron chi connectivity index (χ2n) is 9.78. The zero-order valence-electron chi connectivity index (χ0n) is 20.9. The number of aromatic amines is 2. The van der Waals surface area contributed by atoms with E-state index in [0.717, 1.165) is 5.82 Å². The summed E-state index contributed by atoms with van der Waals surface area (Å²) in [5, 5.41) is 0.172. The number of benzene rings is 1. The van der Waals surface area contributed by atoms with Crippen molar-refractivity contribution >= 4 is 32.7 Å². The number of sulfonamides is 1. The molecule has 2 aromatic heterocycles. The lowest BCUT2D eigenvalue weighted by Gasteiger charge is -2.36. The zero-order chi connectivity index (χ0) is 26.3. The number of H-pyrrole nitrogens is 2. The number of hydrogen-bond donors (Lipinski definition) is 1. The monoisotopic (exact) mass is 540 g/mol. The summed E-state index contributed by atoms with van der Waals surface area (Å²) in [4.78, 5) is 36.7. The minimum absolute atomic E-state index is 0.00205. The Hall–Kier alpha value is -3.32. The summed E-state index contributed by atoms with van der Waals surface area (Å²) in [5.41, 5.74) is -0.00696. The Morgan fingerprint density at radius 3 is 2.39 bits per heavy atom. The van der Waals surface area contributed by atoms with Gasteiger partial charge in [-0.1, -0.05) is 6.07 Å². The van der Waals surface area contributed by atoms with Crippen LogP contribution in [0.1, 0.15) is 23.2 Å². The van der Waals surface area contributed by atoms with Gasteiger partial charge in [-0.3, -0.25) is 14.5 Å². The maximum Gasteiger partial charge on any atom is 0.274 e. The topological polar surface area (TPSA) is 126 Å². The Morgan fingerprint density at radius 1 is 0.974 bits per heavy atom. The van der Waals surface area contributed by atoms with Crippen LogP contribution in [0.5, 0.6) is 0 Å². The number of nitrogens with zero attached hydrogens (tertiary/aromatic N) is 3. The fraction of sp³-hybridized carbons (Fsp3) is 0.423. The van der Waals surface area contributed by atoms with E-state index in [9.17, 15) is 18.0 Å². The van der Waals surface area contributed by atoms with Crippen molar-refractivity contribution < 1.29 is 27.7 Å². The molecular weight excluding hydrogens is 510 g/mol. The summed E-state index contributed by atoms with van der Waals surface area (Å²) in [6, 6.07) is 10.3. The van der Waals surface area contributed by atoms with Gasteiger partial charge < -0.3 is 19.4 Å². The predicted molar refractivity (Wildman–Crippen MR) is 138 cm³/mol. The van der Waals surface area contributed by atoms with E-state index < -0.39 is 21.2 Å². The van der Waals surface area contributed by atoms with Crippen LogP contribution in [0.4, 0.5) is 5.82 Å². The third kappa shape index (κ3) is 4.47. The van der Waals surface area contributed by atoms with Crippen LogP contribution in [-0.2, 0) is 19.5 Å². The van der Waals surface area contributed by atoms with Gasteiger partial charge in [-0.05, 0) is 24.3 Å². The third-order valence-corrected chi connectivity index (χ3v) is 9.51. The van der Waals surface area contributed by atoms with Crippen molar-refractivity contribution in [1.82, 2.24) is 14.2 Å². The molecule has 1 amide bonds. The Labute approximate surface area is 220 Å². The summed E-state index contributed by atoms with van der Waals surface area (Å²) in [7, 11) is -3.84. The number of ether oxygens (including phenoxy) is 2. The fourth-order valence-electron chi connectivity index (χ4n) is 5.42. The number of rotatable bonds is 4. The fourth-order valence-corrected chi connectivity index (χ4v) is 6.89. The first-order chi connectivity index (χ1) is 18.4. The van der Waals surface area contributed by atoms with Crippen LogP contribution < -0.4 is 15.3 Å². The minimum atomic E-state index is -3.84. The van der Waals surface area contributed by atoms with Gasteiger partial charge in [0, 0.05) is 49.1 Å². The molecule has 3 saturated heterocycles. The number of piperidine rings is 1. The van der Waals surface area contributed by atoms with Gasteiger partial charge in [-0.25, -0.2) is 13.4 Å². The molecule has 0 bridgehead atoms. The molecule has 0 aliphatic carbocycles. The second kappa shape index (κ2) is 9.77. The molecule has 38 heavy (non-hydrogen) atoms. The number of anilines is 1. The summed E-state index contributed by atoms with van der Waals surface area (Å²) in [5.74, 6) is -0.0767. The minimum Gasteiger partial charge on any atom is -0.360 e. The molecule has 0 unspecified atom stereocenters. The molecular formula is C26H30N5O6S+. The van der Waals surface area contributed by atoms with Gasteiger partial charge >= 0.3 is 0 Å². The van der Waals surface area contributed by atoms with E-state index >= 15 is 0 Å². The molecule has 3 aliphatic heterocycles. The molecule has 1 aromatic carbocycles. The smallest absolute Gasteiger partial charge is 0.274 e. The maximum absolute atomic E-state index is 13.4. The number of fused-ring (bicyclic) bond motifs is 1. The van der Waals surface area contributed by atoms with E-state index in [0.29, 0.717) is 57.8 Å². The van der Waals surface area contributed by atoms with Gasteiger partial charge in [0.15, 0.2) is 5.79 Å². The van der Waals surface area contributed by atoms with Crippen molar-refractivity contribution in [3.63, 3.8) is 0 Å². The molecule has 12 heteroatoms. The largest absolute Gasteiger partial charge is 0.360 e. The van der Waals surface area contributed by atoms with Gasteiger partial charge in [-0.15, -0.1) is 0 Å². The number of aromatic nitrogens is 2. The molecule has 11 nitrogen and oxygen atoms in total. The van der Waals surface area contributed by atoms with E-state index in [1.165, 1.54) is 22.6 Å². The number of carbonyl (C=O) groups is 1. The molecule has 0 atom stereocenters. The number of hydrogen-bond acceptors (Lipinski definition) is 7. The SMILES string of the molecule is O=C(c1c[nH]c2ccc(S(=O)(=O)N3CCC4(CC3)OCCO4)cc2c1=O)N1CCN(c2cccc[nH+]2)CC1.